The molecule has 55 heavy (non-hydrogen) atoms. The van der Waals surface area contributed by atoms with Crippen LogP contribution in [-0.2, 0) is 32.7 Å². The van der Waals surface area contributed by atoms with E-state index in [1.165, 1.54) is 122 Å². The number of aliphatic hydroxyl groups is 2. The number of rotatable bonds is 43. The first-order valence-electron chi connectivity index (χ1n) is 22.6. The Kier molecular flexibility index (Phi) is 39.9. The van der Waals surface area contributed by atoms with Gasteiger partial charge in [-0.2, -0.15) is 0 Å². The minimum atomic E-state index is -4.61. The Morgan fingerprint density at radius 2 is 0.891 bits per heavy atom. The fourth-order valence-corrected chi connectivity index (χ4v) is 7.19. The second-order valence-corrected chi connectivity index (χ2v) is 16.9. The van der Waals surface area contributed by atoms with E-state index in [1.807, 2.05) is 0 Å². The summed E-state index contributed by atoms with van der Waals surface area (Å²) >= 11 is 0. The molecule has 0 fully saturated rings. The number of carbonyl (C=O) groups is 2. The maximum Gasteiger partial charge on any atom is 0.472 e. The first-order valence-corrected chi connectivity index (χ1v) is 24.1. The zero-order valence-electron chi connectivity index (χ0n) is 35.4. The molecule has 0 aliphatic rings. The quantitative estimate of drug-likeness (QED) is 0.0235. The fraction of sp³-hybridized carbons (Fsp3) is 0.909. The maximum absolute atomic E-state index is 12.6. The van der Waals surface area contributed by atoms with Crippen LogP contribution in [0.2, 0.25) is 0 Å². The lowest BCUT2D eigenvalue weighted by Gasteiger charge is -2.20. The molecular formula is C44H85O10P. The first-order chi connectivity index (χ1) is 26.7. The zero-order chi connectivity index (χ0) is 40.5. The number of unbranched alkanes of at least 4 members (excludes halogenated alkanes) is 27. The Balaban J connectivity index is 4.22. The Morgan fingerprint density at radius 1 is 0.527 bits per heavy atom. The van der Waals surface area contributed by atoms with Gasteiger partial charge in [-0.25, -0.2) is 4.57 Å². The number of allylic oxidation sites excluding steroid dienone is 2. The van der Waals surface area contributed by atoms with Crippen molar-refractivity contribution < 1.29 is 47.8 Å². The molecule has 326 valence electrons. The van der Waals surface area contributed by atoms with Gasteiger partial charge in [0, 0.05) is 12.8 Å². The van der Waals surface area contributed by atoms with Crippen LogP contribution in [0.4, 0.5) is 0 Å². The van der Waals surface area contributed by atoms with Crippen LogP contribution >= 0.6 is 7.82 Å². The number of aliphatic hydroxyl groups excluding tert-OH is 2. The van der Waals surface area contributed by atoms with Crippen molar-refractivity contribution in [1.82, 2.24) is 0 Å². The molecule has 0 aliphatic heterocycles. The van der Waals surface area contributed by atoms with E-state index in [9.17, 15) is 24.2 Å². The molecule has 0 spiro atoms. The lowest BCUT2D eigenvalue weighted by atomic mass is 10.0. The highest BCUT2D eigenvalue weighted by atomic mass is 31.2. The summed E-state index contributed by atoms with van der Waals surface area (Å²) in [6, 6.07) is 0. The summed E-state index contributed by atoms with van der Waals surface area (Å²) < 4.78 is 32.7. The summed E-state index contributed by atoms with van der Waals surface area (Å²) in [5, 5.41) is 18.3. The van der Waals surface area contributed by atoms with Gasteiger partial charge in [0.1, 0.15) is 12.7 Å². The van der Waals surface area contributed by atoms with E-state index in [2.05, 4.69) is 26.0 Å². The predicted molar refractivity (Wildman–Crippen MR) is 224 cm³/mol. The summed E-state index contributed by atoms with van der Waals surface area (Å²) in [5.41, 5.74) is 0. The Hall–Kier alpha value is -1.29. The SMILES string of the molecule is CCCCCC/C=C/CCCCCCCC(=O)OC[C@H](COP(=O)(O)OC[C@@H](O)CO)OC(=O)CCCCCCCCCCCCCCCCCCCCC. The van der Waals surface area contributed by atoms with Gasteiger partial charge in [0.2, 0.25) is 0 Å². The molecule has 0 heterocycles. The summed E-state index contributed by atoms with van der Waals surface area (Å²) in [6.07, 6.45) is 38.9. The minimum Gasteiger partial charge on any atom is -0.462 e. The lowest BCUT2D eigenvalue weighted by molar-refractivity contribution is -0.161. The van der Waals surface area contributed by atoms with Crippen molar-refractivity contribution in [1.29, 1.82) is 0 Å². The van der Waals surface area contributed by atoms with Crippen molar-refractivity contribution in [2.45, 2.75) is 232 Å². The van der Waals surface area contributed by atoms with Gasteiger partial charge in [0.05, 0.1) is 19.8 Å². The number of phosphoric acid groups is 1. The monoisotopic (exact) mass is 805 g/mol. The van der Waals surface area contributed by atoms with E-state index >= 15 is 0 Å². The molecule has 0 aromatic carbocycles. The Labute approximate surface area is 336 Å². The third-order valence-electron chi connectivity index (χ3n) is 9.92. The molecule has 11 heteroatoms. The van der Waals surface area contributed by atoms with Crippen molar-refractivity contribution >= 4 is 19.8 Å². The van der Waals surface area contributed by atoms with Crippen molar-refractivity contribution in [2.24, 2.45) is 0 Å². The van der Waals surface area contributed by atoms with E-state index in [-0.39, 0.29) is 19.4 Å². The largest absolute Gasteiger partial charge is 0.472 e. The smallest absolute Gasteiger partial charge is 0.462 e. The normalized spacial score (nSPS) is 13.9. The van der Waals surface area contributed by atoms with Gasteiger partial charge in [-0.1, -0.05) is 180 Å². The average Bonchev–Trinajstić information content (AvgIpc) is 3.17. The standard InChI is InChI=1S/C44H85O10P/c1-3-5-7-9-11-13-15-17-18-19-20-21-22-24-26-28-30-32-34-36-44(48)54-42(40-53-55(49,50)52-38-41(46)37-45)39-51-43(47)35-33-31-29-27-25-23-16-14-12-10-8-6-4-2/h14,16,41-42,45-46H,3-13,15,17-40H2,1-2H3,(H,49,50)/b16-14+/t41-,42+/m0/s1. The van der Waals surface area contributed by atoms with Crippen molar-refractivity contribution in [3.05, 3.63) is 12.2 Å². The van der Waals surface area contributed by atoms with Crippen LogP contribution in [0.3, 0.4) is 0 Å². The van der Waals surface area contributed by atoms with Crippen LogP contribution in [0, 0.1) is 0 Å². The van der Waals surface area contributed by atoms with Gasteiger partial charge < -0.3 is 24.6 Å². The van der Waals surface area contributed by atoms with Crippen molar-refractivity contribution in [3.8, 4) is 0 Å². The van der Waals surface area contributed by atoms with Gasteiger partial charge in [-0.05, 0) is 38.5 Å². The highest BCUT2D eigenvalue weighted by Gasteiger charge is 2.27. The maximum atomic E-state index is 12.6. The van der Waals surface area contributed by atoms with Crippen LogP contribution in [-0.4, -0.2) is 65.7 Å². The number of hydrogen-bond acceptors (Lipinski definition) is 9. The predicted octanol–water partition coefficient (Wildman–Crippen LogP) is 12.0. The number of hydrogen-bond donors (Lipinski definition) is 3. The molecule has 0 amide bonds. The third-order valence-corrected chi connectivity index (χ3v) is 10.9. The molecule has 3 atom stereocenters. The molecule has 0 aliphatic carbocycles. The zero-order valence-corrected chi connectivity index (χ0v) is 36.3. The Morgan fingerprint density at radius 3 is 1.33 bits per heavy atom. The second-order valence-electron chi connectivity index (χ2n) is 15.4. The Bertz CT molecular complexity index is 930. The third kappa shape index (κ3) is 40.7. The molecule has 1 unspecified atom stereocenters. The van der Waals surface area contributed by atoms with E-state index < -0.39 is 51.8 Å². The molecule has 0 saturated carbocycles. The number of ether oxygens (including phenoxy) is 2. The van der Waals surface area contributed by atoms with Gasteiger partial charge in [-0.15, -0.1) is 0 Å². The number of carbonyl (C=O) groups excluding carboxylic acids is 2. The second kappa shape index (κ2) is 40.9. The summed E-state index contributed by atoms with van der Waals surface area (Å²) in [6.45, 7) is 2.39. The molecule has 0 bridgehead atoms. The van der Waals surface area contributed by atoms with E-state index in [4.69, 9.17) is 23.6 Å². The van der Waals surface area contributed by atoms with E-state index in [0.29, 0.717) is 12.8 Å². The van der Waals surface area contributed by atoms with Crippen LogP contribution in [0.15, 0.2) is 12.2 Å². The van der Waals surface area contributed by atoms with E-state index in [1.54, 1.807) is 0 Å². The fourth-order valence-electron chi connectivity index (χ4n) is 6.40. The van der Waals surface area contributed by atoms with Crippen LogP contribution < -0.4 is 0 Å². The van der Waals surface area contributed by atoms with Gasteiger partial charge in [0.25, 0.3) is 0 Å². The summed E-state index contributed by atoms with van der Waals surface area (Å²) in [7, 11) is -4.61. The van der Waals surface area contributed by atoms with Gasteiger partial charge in [0.15, 0.2) is 6.10 Å². The molecular weight excluding hydrogens is 719 g/mol. The highest BCUT2D eigenvalue weighted by molar-refractivity contribution is 7.47. The molecule has 0 aromatic rings. The van der Waals surface area contributed by atoms with Gasteiger partial charge in [-0.3, -0.25) is 18.6 Å². The summed E-state index contributed by atoms with van der Waals surface area (Å²) in [4.78, 5) is 35.0. The number of esters is 2. The van der Waals surface area contributed by atoms with Crippen LogP contribution in [0.25, 0.3) is 0 Å². The van der Waals surface area contributed by atoms with Crippen molar-refractivity contribution in [2.75, 3.05) is 26.4 Å². The highest BCUT2D eigenvalue weighted by Crippen LogP contribution is 2.43. The van der Waals surface area contributed by atoms with Gasteiger partial charge >= 0.3 is 19.8 Å². The molecule has 3 N–H and O–H groups in total. The average molecular weight is 805 g/mol. The molecule has 0 rings (SSSR count). The molecule has 0 aromatic heterocycles. The summed E-state index contributed by atoms with van der Waals surface area (Å²) in [5.74, 6) is -0.923. The molecule has 10 nitrogen and oxygen atoms in total. The molecule has 0 saturated heterocycles. The first kappa shape index (κ1) is 53.7. The lowest BCUT2D eigenvalue weighted by Crippen LogP contribution is -2.29. The minimum absolute atomic E-state index is 0.189. The van der Waals surface area contributed by atoms with Crippen molar-refractivity contribution in [3.63, 3.8) is 0 Å². The number of phosphoric ester groups is 1. The van der Waals surface area contributed by atoms with Crippen LogP contribution in [0.5, 0.6) is 0 Å². The molecule has 0 radical (unpaired) electrons. The van der Waals surface area contributed by atoms with Crippen LogP contribution in [0.1, 0.15) is 219 Å². The topological polar surface area (TPSA) is 149 Å². The van der Waals surface area contributed by atoms with E-state index in [0.717, 1.165) is 57.8 Å².